The molecule has 7 nitrogen and oxygen atoms in total. The Morgan fingerprint density at radius 1 is 1.50 bits per heavy atom. The van der Waals surface area contributed by atoms with Gasteiger partial charge in [-0.25, -0.2) is 14.2 Å². The highest BCUT2D eigenvalue weighted by molar-refractivity contribution is 9.10. The number of rotatable bonds is 6. The maximum absolute atomic E-state index is 15.4. The SMILES string of the molecule is CSc1nc2c(F)c(Br)c(CCC#N)cc2c(N[C@H]2[C@@H]3C[C@H]2N(C(=O)OC(C)(C)C)C3)c1C=O. The molecule has 2 bridgehead atoms. The molecule has 0 unspecified atom stereocenters. The van der Waals surface area contributed by atoms with Crippen LogP contribution in [0.15, 0.2) is 15.6 Å². The molecule has 180 valence electrons. The molecular formula is C24H26BrFN4O3S. The van der Waals surface area contributed by atoms with Crippen LogP contribution in [0.5, 0.6) is 0 Å². The first-order chi connectivity index (χ1) is 16.1. The summed E-state index contributed by atoms with van der Waals surface area (Å²) in [5, 5.41) is 13.4. The molecule has 10 heteroatoms. The molecule has 2 aliphatic heterocycles. The van der Waals surface area contributed by atoms with Gasteiger partial charge in [0.25, 0.3) is 0 Å². The van der Waals surface area contributed by atoms with Crippen molar-refractivity contribution in [2.75, 3.05) is 18.1 Å². The number of hydrogen-bond acceptors (Lipinski definition) is 7. The van der Waals surface area contributed by atoms with Crippen LogP contribution in [0.2, 0.25) is 0 Å². The fourth-order valence-corrected chi connectivity index (χ4v) is 5.76. The lowest BCUT2D eigenvalue weighted by Gasteiger charge is -2.38. The van der Waals surface area contributed by atoms with Crippen molar-refractivity contribution in [3.8, 4) is 6.07 Å². The number of hydrogen-bond donors (Lipinski definition) is 1. The quantitative estimate of drug-likeness (QED) is 0.373. The number of amides is 1. The highest BCUT2D eigenvalue weighted by Crippen LogP contribution is 2.45. The van der Waals surface area contributed by atoms with Gasteiger partial charge in [0.05, 0.1) is 33.9 Å². The molecule has 3 heterocycles. The van der Waals surface area contributed by atoms with Crippen LogP contribution in [0.4, 0.5) is 14.9 Å². The minimum Gasteiger partial charge on any atom is -0.444 e. The van der Waals surface area contributed by atoms with E-state index in [1.807, 2.05) is 20.8 Å². The summed E-state index contributed by atoms with van der Waals surface area (Å²) in [6, 6.07) is 3.72. The van der Waals surface area contributed by atoms with E-state index in [-0.39, 0.29) is 40.5 Å². The predicted molar refractivity (Wildman–Crippen MR) is 133 cm³/mol. The van der Waals surface area contributed by atoms with E-state index in [9.17, 15) is 9.59 Å². The summed E-state index contributed by atoms with van der Waals surface area (Å²) in [5.74, 6) is -0.315. The van der Waals surface area contributed by atoms with Gasteiger partial charge in [0.15, 0.2) is 12.1 Å². The monoisotopic (exact) mass is 548 g/mol. The van der Waals surface area contributed by atoms with E-state index < -0.39 is 11.4 Å². The Hall–Kier alpha value is -2.38. The number of benzene rings is 1. The molecule has 1 saturated carbocycles. The molecule has 34 heavy (non-hydrogen) atoms. The Kier molecular flexibility index (Phi) is 6.80. The van der Waals surface area contributed by atoms with E-state index in [1.54, 1.807) is 17.2 Å². The first-order valence-corrected chi connectivity index (χ1v) is 13.1. The summed E-state index contributed by atoms with van der Waals surface area (Å²) >= 11 is 4.58. The van der Waals surface area contributed by atoms with Gasteiger partial charge in [-0.2, -0.15) is 5.26 Å². The number of carbonyl (C=O) groups excluding carboxylic acids is 2. The Labute approximate surface area is 210 Å². The van der Waals surface area contributed by atoms with Gasteiger partial charge >= 0.3 is 6.09 Å². The second-order valence-corrected chi connectivity index (χ2v) is 11.2. The van der Waals surface area contributed by atoms with Gasteiger partial charge in [-0.1, -0.05) is 0 Å². The van der Waals surface area contributed by atoms with Crippen LogP contribution in [0.3, 0.4) is 0 Å². The van der Waals surface area contributed by atoms with Crippen molar-refractivity contribution in [3.05, 3.63) is 27.5 Å². The second-order valence-electron chi connectivity index (χ2n) is 9.61. The van der Waals surface area contributed by atoms with Crippen LogP contribution in [0.1, 0.15) is 49.5 Å². The summed E-state index contributed by atoms with van der Waals surface area (Å²) in [4.78, 5) is 31.0. The maximum Gasteiger partial charge on any atom is 0.410 e. The number of aldehydes is 1. The summed E-state index contributed by atoms with van der Waals surface area (Å²) < 4.78 is 21.2. The largest absolute Gasteiger partial charge is 0.444 e. The smallest absolute Gasteiger partial charge is 0.410 e. The minimum atomic E-state index is -0.586. The molecule has 1 aromatic carbocycles. The fourth-order valence-electron chi connectivity index (χ4n) is 4.71. The fraction of sp³-hybridized carbons (Fsp3) is 0.500. The van der Waals surface area contributed by atoms with Crippen molar-refractivity contribution in [2.45, 2.75) is 62.7 Å². The number of ether oxygens (including phenoxy) is 1. The van der Waals surface area contributed by atoms with Gasteiger partial charge in [-0.3, -0.25) is 4.79 Å². The van der Waals surface area contributed by atoms with Crippen LogP contribution < -0.4 is 5.32 Å². The lowest BCUT2D eigenvalue weighted by Crippen LogP contribution is -2.50. The molecule has 1 aromatic heterocycles. The third-order valence-electron chi connectivity index (χ3n) is 6.29. The van der Waals surface area contributed by atoms with Gasteiger partial charge in [-0.15, -0.1) is 11.8 Å². The zero-order valence-electron chi connectivity index (χ0n) is 19.4. The van der Waals surface area contributed by atoms with Crippen molar-refractivity contribution in [1.29, 1.82) is 5.26 Å². The van der Waals surface area contributed by atoms with Crippen LogP contribution in [0.25, 0.3) is 10.9 Å². The van der Waals surface area contributed by atoms with Gasteiger partial charge < -0.3 is 15.0 Å². The Morgan fingerprint density at radius 3 is 2.85 bits per heavy atom. The van der Waals surface area contributed by atoms with Crippen molar-refractivity contribution < 1.29 is 18.7 Å². The van der Waals surface area contributed by atoms with E-state index in [0.717, 1.165) is 12.7 Å². The van der Waals surface area contributed by atoms with Gasteiger partial charge in [0.1, 0.15) is 16.1 Å². The molecule has 1 amide bonds. The van der Waals surface area contributed by atoms with Gasteiger partial charge in [0.2, 0.25) is 0 Å². The zero-order valence-corrected chi connectivity index (χ0v) is 21.8. The second kappa shape index (κ2) is 9.34. The number of nitrogens with one attached hydrogen (secondary N) is 1. The highest BCUT2D eigenvalue weighted by Gasteiger charge is 2.55. The molecule has 3 atom stereocenters. The first-order valence-electron chi connectivity index (χ1n) is 11.1. The average Bonchev–Trinajstić information content (AvgIpc) is 3.37. The average molecular weight is 549 g/mol. The summed E-state index contributed by atoms with van der Waals surface area (Å²) in [6.45, 7) is 6.07. The van der Waals surface area contributed by atoms with Crippen LogP contribution in [0, 0.1) is 23.1 Å². The highest BCUT2D eigenvalue weighted by atomic mass is 79.9. The zero-order chi connectivity index (χ0) is 24.8. The lowest BCUT2D eigenvalue weighted by molar-refractivity contribution is 0.0239. The molecule has 1 aliphatic carbocycles. The van der Waals surface area contributed by atoms with Gasteiger partial charge in [-0.05, 0) is 67.4 Å². The van der Waals surface area contributed by atoms with E-state index in [2.05, 4.69) is 32.3 Å². The van der Waals surface area contributed by atoms with Crippen molar-refractivity contribution in [1.82, 2.24) is 9.88 Å². The molecule has 3 fully saturated rings. The number of nitriles is 1. The molecule has 2 saturated heterocycles. The van der Waals surface area contributed by atoms with E-state index in [4.69, 9.17) is 10.00 Å². The lowest BCUT2D eigenvalue weighted by atomic mass is 9.79. The molecule has 5 rings (SSSR count). The Balaban J connectivity index is 1.75. The molecule has 3 aliphatic rings. The third kappa shape index (κ3) is 4.36. The number of carbonyl (C=O) groups is 2. The molecule has 1 N–H and O–H groups in total. The number of halogens is 2. The third-order valence-corrected chi connectivity index (χ3v) is 7.85. The number of pyridine rings is 1. The number of aromatic nitrogens is 1. The van der Waals surface area contributed by atoms with Crippen molar-refractivity contribution in [2.24, 2.45) is 5.92 Å². The number of thioether (sulfide) groups is 1. The minimum absolute atomic E-state index is 0.0707. The maximum atomic E-state index is 15.4. The summed E-state index contributed by atoms with van der Waals surface area (Å²) in [5.41, 5.74) is 1.08. The molecule has 2 aromatic rings. The standard InChI is InChI=1S/C24H26BrFN4O3S/c1-24(2,3)33-23(32)30-10-13-9-16(30)19(13)28-20-14-8-12(6-5-7-27)17(25)18(26)21(14)29-22(34-4)15(20)11-31/h8,11,13,16,19H,5-6,9-10H2,1-4H3,(H,28,29)/t13-,16-,19+/m1/s1. The topological polar surface area (TPSA) is 95.3 Å². The van der Waals surface area contributed by atoms with Crippen LogP contribution in [-0.4, -0.2) is 52.7 Å². The van der Waals surface area contributed by atoms with Crippen molar-refractivity contribution in [3.63, 3.8) is 0 Å². The Bertz CT molecular complexity index is 1210. The summed E-state index contributed by atoms with van der Waals surface area (Å²) in [7, 11) is 0. The molecule has 0 spiro atoms. The normalized spacial score (nSPS) is 21.2. The molecule has 0 radical (unpaired) electrons. The number of anilines is 1. The van der Waals surface area contributed by atoms with Gasteiger partial charge in [0, 0.05) is 24.3 Å². The number of nitrogens with zero attached hydrogens (tertiary/aromatic N) is 3. The Morgan fingerprint density at radius 2 is 2.24 bits per heavy atom. The summed E-state index contributed by atoms with van der Waals surface area (Å²) in [6.07, 6.45) is 3.63. The number of aryl methyl sites for hydroxylation is 1. The van der Waals surface area contributed by atoms with Crippen molar-refractivity contribution >= 4 is 56.7 Å². The van der Waals surface area contributed by atoms with Crippen LogP contribution in [-0.2, 0) is 11.2 Å². The van der Waals surface area contributed by atoms with E-state index in [1.165, 1.54) is 11.8 Å². The van der Waals surface area contributed by atoms with E-state index >= 15 is 4.39 Å². The molecular weight excluding hydrogens is 523 g/mol. The van der Waals surface area contributed by atoms with Crippen LogP contribution >= 0.6 is 27.7 Å². The number of fused-ring (bicyclic) bond motifs is 2. The first kappa shape index (κ1) is 24.7. The van der Waals surface area contributed by atoms with E-state index in [0.29, 0.717) is 40.2 Å². The predicted octanol–water partition coefficient (Wildman–Crippen LogP) is 5.55.